The van der Waals surface area contributed by atoms with Crippen molar-refractivity contribution in [1.29, 1.82) is 0 Å². The lowest BCUT2D eigenvalue weighted by Gasteiger charge is -2.40. The first-order valence-electron chi connectivity index (χ1n) is 8.84. The Morgan fingerprint density at radius 2 is 1.70 bits per heavy atom. The van der Waals surface area contributed by atoms with Crippen LogP contribution in [0.3, 0.4) is 0 Å². The molecule has 1 aliphatic carbocycles. The molecule has 0 spiro atoms. The highest BCUT2D eigenvalue weighted by Gasteiger charge is 2.38. The van der Waals surface area contributed by atoms with Gasteiger partial charge in [0.25, 0.3) is 0 Å². The van der Waals surface area contributed by atoms with Crippen molar-refractivity contribution in [2.24, 2.45) is 5.92 Å². The molecule has 2 atom stereocenters. The lowest BCUT2D eigenvalue weighted by atomic mass is 9.87. The monoisotopic (exact) mass is 278 g/mol. The number of nitrogens with one attached hydrogen (secondary N) is 1. The maximum absolute atomic E-state index is 12.9. The van der Waals surface area contributed by atoms with Crippen molar-refractivity contribution >= 4 is 5.91 Å². The molecule has 3 heteroatoms. The van der Waals surface area contributed by atoms with Crippen LogP contribution in [-0.2, 0) is 4.79 Å². The number of hydrogen-bond donors (Lipinski definition) is 1. The first kappa shape index (κ1) is 14.4. The second kappa shape index (κ2) is 6.46. The summed E-state index contributed by atoms with van der Waals surface area (Å²) >= 11 is 0. The summed E-state index contributed by atoms with van der Waals surface area (Å²) in [5, 5.41) is 3.70. The molecule has 2 heterocycles. The number of fused-ring (bicyclic) bond motifs is 2. The molecule has 0 aromatic rings. The van der Waals surface area contributed by atoms with Crippen molar-refractivity contribution in [3.8, 4) is 0 Å². The van der Waals surface area contributed by atoms with Crippen LogP contribution in [0.1, 0.15) is 71.1 Å². The van der Waals surface area contributed by atoms with Gasteiger partial charge in [-0.3, -0.25) is 4.79 Å². The zero-order chi connectivity index (χ0) is 13.9. The lowest BCUT2D eigenvalue weighted by Crippen LogP contribution is -2.52. The minimum Gasteiger partial charge on any atom is -0.339 e. The Morgan fingerprint density at radius 1 is 1.05 bits per heavy atom. The van der Waals surface area contributed by atoms with Gasteiger partial charge in [-0.2, -0.15) is 0 Å². The van der Waals surface area contributed by atoms with E-state index in [-0.39, 0.29) is 0 Å². The highest BCUT2D eigenvalue weighted by molar-refractivity contribution is 5.79. The largest absolute Gasteiger partial charge is 0.339 e. The molecule has 20 heavy (non-hydrogen) atoms. The SMILES string of the molecule is CCCN(C(=O)C1CCCCC1)C1CC2CCC(C1)N2. The van der Waals surface area contributed by atoms with Crippen LogP contribution in [0.25, 0.3) is 0 Å². The van der Waals surface area contributed by atoms with Gasteiger partial charge in [0.15, 0.2) is 0 Å². The van der Waals surface area contributed by atoms with Crippen molar-refractivity contribution in [2.75, 3.05) is 6.54 Å². The van der Waals surface area contributed by atoms with E-state index in [0.717, 1.165) is 25.8 Å². The second-order valence-electron chi connectivity index (χ2n) is 7.13. The molecule has 1 amide bonds. The molecule has 3 rings (SSSR count). The summed E-state index contributed by atoms with van der Waals surface area (Å²) in [7, 11) is 0. The lowest BCUT2D eigenvalue weighted by molar-refractivity contribution is -0.139. The van der Waals surface area contributed by atoms with Crippen LogP contribution in [0.2, 0.25) is 0 Å². The number of hydrogen-bond acceptors (Lipinski definition) is 2. The Hall–Kier alpha value is -0.570. The van der Waals surface area contributed by atoms with Crippen LogP contribution in [0.5, 0.6) is 0 Å². The molecule has 1 saturated carbocycles. The van der Waals surface area contributed by atoms with Gasteiger partial charge in [0.1, 0.15) is 0 Å². The van der Waals surface area contributed by atoms with Gasteiger partial charge in [-0.05, 0) is 44.9 Å². The summed E-state index contributed by atoms with van der Waals surface area (Å²) in [6, 6.07) is 1.87. The molecule has 114 valence electrons. The number of carbonyl (C=O) groups is 1. The molecule has 0 radical (unpaired) electrons. The smallest absolute Gasteiger partial charge is 0.225 e. The Balaban J connectivity index is 1.66. The van der Waals surface area contributed by atoms with Gasteiger partial charge in [0, 0.05) is 30.6 Å². The number of carbonyl (C=O) groups excluding carboxylic acids is 1. The summed E-state index contributed by atoms with van der Waals surface area (Å²) in [4.78, 5) is 15.2. The number of nitrogens with zero attached hydrogens (tertiary/aromatic N) is 1. The molecule has 2 bridgehead atoms. The van der Waals surface area contributed by atoms with Crippen molar-refractivity contribution in [1.82, 2.24) is 10.2 Å². The fourth-order valence-electron chi connectivity index (χ4n) is 4.58. The van der Waals surface area contributed by atoms with Crippen molar-refractivity contribution in [2.45, 2.75) is 89.3 Å². The van der Waals surface area contributed by atoms with Crippen molar-refractivity contribution in [3.05, 3.63) is 0 Å². The zero-order valence-corrected chi connectivity index (χ0v) is 12.9. The van der Waals surface area contributed by atoms with Gasteiger partial charge >= 0.3 is 0 Å². The predicted molar refractivity (Wildman–Crippen MR) is 81.5 cm³/mol. The number of piperidine rings is 1. The third-order valence-electron chi connectivity index (χ3n) is 5.59. The zero-order valence-electron chi connectivity index (χ0n) is 12.9. The average molecular weight is 278 g/mol. The Morgan fingerprint density at radius 3 is 2.30 bits per heavy atom. The maximum atomic E-state index is 12.9. The number of rotatable bonds is 4. The first-order valence-corrected chi connectivity index (χ1v) is 8.84. The van der Waals surface area contributed by atoms with Gasteiger partial charge < -0.3 is 10.2 Å². The van der Waals surface area contributed by atoms with E-state index in [0.29, 0.717) is 30.0 Å². The fourth-order valence-corrected chi connectivity index (χ4v) is 4.58. The summed E-state index contributed by atoms with van der Waals surface area (Å²) in [6.45, 7) is 3.18. The van der Waals surface area contributed by atoms with Crippen LogP contribution in [-0.4, -0.2) is 35.5 Å². The summed E-state index contributed by atoms with van der Waals surface area (Å²) in [6.07, 6.45) is 12.2. The molecule has 3 aliphatic rings. The number of amides is 1. The van der Waals surface area contributed by atoms with E-state index in [1.807, 2.05) is 0 Å². The summed E-state index contributed by atoms with van der Waals surface area (Å²) in [5.41, 5.74) is 0. The second-order valence-corrected chi connectivity index (χ2v) is 7.13. The molecule has 1 N–H and O–H groups in total. The molecule has 3 fully saturated rings. The van der Waals surface area contributed by atoms with E-state index in [1.165, 1.54) is 44.9 Å². The van der Waals surface area contributed by atoms with E-state index in [9.17, 15) is 4.79 Å². The van der Waals surface area contributed by atoms with Crippen LogP contribution >= 0.6 is 0 Å². The minimum absolute atomic E-state index is 0.336. The fraction of sp³-hybridized carbons (Fsp3) is 0.941. The molecule has 3 nitrogen and oxygen atoms in total. The average Bonchev–Trinajstić information content (AvgIpc) is 2.83. The van der Waals surface area contributed by atoms with E-state index in [4.69, 9.17) is 0 Å². The van der Waals surface area contributed by atoms with Crippen molar-refractivity contribution in [3.63, 3.8) is 0 Å². The standard InChI is InChI=1S/C17H30N2O/c1-2-10-19(17(20)13-6-4-3-5-7-13)16-11-14-8-9-15(12-16)18-14/h13-16,18H,2-12H2,1H3. The molecule has 2 saturated heterocycles. The van der Waals surface area contributed by atoms with E-state index in [2.05, 4.69) is 17.1 Å². The summed E-state index contributed by atoms with van der Waals surface area (Å²) < 4.78 is 0. The van der Waals surface area contributed by atoms with Crippen LogP contribution < -0.4 is 5.32 Å². The Labute approximate surface area is 123 Å². The molecule has 2 unspecified atom stereocenters. The molecule has 2 aliphatic heterocycles. The first-order chi connectivity index (χ1) is 9.78. The highest BCUT2D eigenvalue weighted by Crippen LogP contribution is 2.32. The van der Waals surface area contributed by atoms with Crippen LogP contribution in [0, 0.1) is 5.92 Å². The molecule has 0 aromatic heterocycles. The maximum Gasteiger partial charge on any atom is 0.225 e. The predicted octanol–water partition coefficient (Wildman–Crippen LogP) is 3.09. The quantitative estimate of drug-likeness (QED) is 0.857. The normalized spacial score (nSPS) is 34.1. The molecular weight excluding hydrogens is 248 g/mol. The van der Waals surface area contributed by atoms with E-state index < -0.39 is 0 Å². The topological polar surface area (TPSA) is 32.3 Å². The van der Waals surface area contributed by atoms with Crippen LogP contribution in [0.4, 0.5) is 0 Å². The Kier molecular flexibility index (Phi) is 4.65. The van der Waals surface area contributed by atoms with Gasteiger partial charge in [0.05, 0.1) is 0 Å². The molecular formula is C17H30N2O. The van der Waals surface area contributed by atoms with Crippen molar-refractivity contribution < 1.29 is 4.79 Å². The summed E-state index contributed by atoms with van der Waals surface area (Å²) in [5.74, 6) is 0.820. The van der Waals surface area contributed by atoms with Gasteiger partial charge in [-0.15, -0.1) is 0 Å². The van der Waals surface area contributed by atoms with E-state index >= 15 is 0 Å². The third-order valence-corrected chi connectivity index (χ3v) is 5.59. The van der Waals surface area contributed by atoms with Gasteiger partial charge in [0.2, 0.25) is 5.91 Å². The Bertz CT molecular complexity index is 326. The van der Waals surface area contributed by atoms with Gasteiger partial charge in [-0.1, -0.05) is 26.2 Å². The molecule has 0 aromatic carbocycles. The minimum atomic E-state index is 0.336. The third kappa shape index (κ3) is 3.03. The highest BCUT2D eigenvalue weighted by atomic mass is 16.2. The van der Waals surface area contributed by atoms with Crippen LogP contribution in [0.15, 0.2) is 0 Å². The van der Waals surface area contributed by atoms with E-state index in [1.54, 1.807) is 0 Å². The van der Waals surface area contributed by atoms with Gasteiger partial charge in [-0.25, -0.2) is 0 Å².